The van der Waals surface area contributed by atoms with Gasteiger partial charge in [0.15, 0.2) is 0 Å². The molecule has 2 aromatic rings. The van der Waals surface area contributed by atoms with Gasteiger partial charge < -0.3 is 5.32 Å². The summed E-state index contributed by atoms with van der Waals surface area (Å²) in [5, 5.41) is 4.25. The van der Waals surface area contributed by atoms with Crippen molar-refractivity contribution in [1.82, 2.24) is 10.3 Å². The summed E-state index contributed by atoms with van der Waals surface area (Å²) in [5.41, 5.74) is 1.06. The standard InChI is InChI=1S/C17H24N2OS/c1-4-13(12(2)3)18-16(20)10-7-11-17-19-14-8-5-6-9-15(14)21-17/h5-6,8-9,12-13H,4,7,10-11H2,1-3H3,(H,18,20). The molecular formula is C17H24N2OS. The fourth-order valence-electron chi connectivity index (χ4n) is 2.45. The van der Waals surface area contributed by atoms with Gasteiger partial charge in [-0.15, -0.1) is 11.3 Å². The van der Waals surface area contributed by atoms with Gasteiger partial charge in [-0.1, -0.05) is 32.9 Å². The van der Waals surface area contributed by atoms with Crippen LogP contribution < -0.4 is 5.32 Å². The first-order valence-corrected chi connectivity index (χ1v) is 8.55. The number of hydrogen-bond donors (Lipinski definition) is 1. The van der Waals surface area contributed by atoms with E-state index in [9.17, 15) is 4.79 Å². The molecule has 0 radical (unpaired) electrons. The second-order valence-electron chi connectivity index (χ2n) is 5.76. The maximum Gasteiger partial charge on any atom is 0.220 e. The van der Waals surface area contributed by atoms with E-state index in [1.807, 2.05) is 18.2 Å². The third kappa shape index (κ3) is 4.53. The maximum atomic E-state index is 12.0. The number of nitrogens with one attached hydrogen (secondary N) is 1. The number of carbonyl (C=O) groups is 1. The molecule has 1 N–H and O–H groups in total. The molecule has 1 unspecified atom stereocenters. The lowest BCUT2D eigenvalue weighted by Crippen LogP contribution is -2.37. The molecule has 0 fully saturated rings. The van der Waals surface area contributed by atoms with Crippen molar-refractivity contribution in [3.63, 3.8) is 0 Å². The van der Waals surface area contributed by atoms with Crippen LogP contribution >= 0.6 is 11.3 Å². The first-order chi connectivity index (χ1) is 10.1. The molecule has 2 rings (SSSR count). The zero-order valence-electron chi connectivity index (χ0n) is 13.1. The molecule has 4 heteroatoms. The first kappa shape index (κ1) is 16.0. The number of thiazole rings is 1. The van der Waals surface area contributed by atoms with Crippen molar-refractivity contribution in [3.05, 3.63) is 29.3 Å². The van der Waals surface area contributed by atoms with Gasteiger partial charge in [-0.25, -0.2) is 4.98 Å². The van der Waals surface area contributed by atoms with E-state index < -0.39 is 0 Å². The van der Waals surface area contributed by atoms with Crippen LogP contribution in [0.4, 0.5) is 0 Å². The number of benzene rings is 1. The Kier molecular flexibility index (Phi) is 5.74. The van der Waals surface area contributed by atoms with E-state index in [0.29, 0.717) is 18.4 Å². The van der Waals surface area contributed by atoms with E-state index >= 15 is 0 Å². The van der Waals surface area contributed by atoms with Crippen molar-refractivity contribution in [1.29, 1.82) is 0 Å². The average molecular weight is 304 g/mol. The maximum absolute atomic E-state index is 12.0. The smallest absolute Gasteiger partial charge is 0.220 e. The van der Waals surface area contributed by atoms with Crippen molar-refractivity contribution >= 4 is 27.5 Å². The van der Waals surface area contributed by atoms with Crippen LogP contribution in [0.5, 0.6) is 0 Å². The molecule has 0 bridgehead atoms. The van der Waals surface area contributed by atoms with Crippen molar-refractivity contribution in [2.24, 2.45) is 5.92 Å². The van der Waals surface area contributed by atoms with Gasteiger partial charge in [-0.05, 0) is 37.3 Å². The summed E-state index contributed by atoms with van der Waals surface area (Å²) in [6, 6.07) is 8.47. The van der Waals surface area contributed by atoms with Crippen molar-refractivity contribution in [3.8, 4) is 0 Å². The zero-order chi connectivity index (χ0) is 15.2. The van der Waals surface area contributed by atoms with Crippen LogP contribution in [0.25, 0.3) is 10.2 Å². The Morgan fingerprint density at radius 2 is 2.10 bits per heavy atom. The number of amides is 1. The summed E-state index contributed by atoms with van der Waals surface area (Å²) < 4.78 is 1.22. The Morgan fingerprint density at radius 3 is 2.76 bits per heavy atom. The fraction of sp³-hybridized carbons (Fsp3) is 0.529. The largest absolute Gasteiger partial charge is 0.353 e. The van der Waals surface area contributed by atoms with Crippen LogP contribution in [0.15, 0.2) is 24.3 Å². The highest BCUT2D eigenvalue weighted by Crippen LogP contribution is 2.22. The number of fused-ring (bicyclic) bond motifs is 1. The van der Waals surface area contributed by atoms with E-state index in [0.717, 1.165) is 29.8 Å². The summed E-state index contributed by atoms with van der Waals surface area (Å²) in [6.07, 6.45) is 3.31. The second kappa shape index (κ2) is 7.55. The Bertz CT molecular complexity index is 558. The second-order valence-corrected chi connectivity index (χ2v) is 6.87. The Hall–Kier alpha value is -1.42. The van der Waals surface area contributed by atoms with Crippen molar-refractivity contribution < 1.29 is 4.79 Å². The molecule has 0 spiro atoms. The fourth-order valence-corrected chi connectivity index (χ4v) is 3.46. The first-order valence-electron chi connectivity index (χ1n) is 7.74. The van der Waals surface area contributed by atoms with Crippen LogP contribution in [0.1, 0.15) is 45.0 Å². The molecule has 1 aromatic heterocycles. The lowest BCUT2D eigenvalue weighted by molar-refractivity contribution is -0.122. The monoisotopic (exact) mass is 304 g/mol. The summed E-state index contributed by atoms with van der Waals surface area (Å²) >= 11 is 1.73. The lowest BCUT2D eigenvalue weighted by atomic mass is 10.0. The average Bonchev–Trinajstić information content (AvgIpc) is 2.87. The third-order valence-corrected chi connectivity index (χ3v) is 4.82. The van der Waals surface area contributed by atoms with Gasteiger partial charge in [0.2, 0.25) is 5.91 Å². The van der Waals surface area contributed by atoms with Gasteiger partial charge in [0.1, 0.15) is 0 Å². The number of aryl methyl sites for hydroxylation is 1. The van der Waals surface area contributed by atoms with E-state index in [4.69, 9.17) is 0 Å². The molecule has 1 aromatic carbocycles. The van der Waals surface area contributed by atoms with E-state index in [1.165, 1.54) is 4.70 Å². The van der Waals surface area contributed by atoms with E-state index in [1.54, 1.807) is 11.3 Å². The number of para-hydroxylation sites is 1. The molecular weight excluding hydrogens is 280 g/mol. The number of hydrogen-bond acceptors (Lipinski definition) is 3. The highest BCUT2D eigenvalue weighted by molar-refractivity contribution is 7.18. The number of rotatable bonds is 7. The van der Waals surface area contributed by atoms with E-state index in [-0.39, 0.29) is 5.91 Å². The minimum absolute atomic E-state index is 0.164. The molecule has 0 saturated carbocycles. The topological polar surface area (TPSA) is 42.0 Å². The molecule has 1 amide bonds. The SMILES string of the molecule is CCC(NC(=O)CCCc1nc2ccccc2s1)C(C)C. The van der Waals surface area contributed by atoms with Gasteiger partial charge in [-0.2, -0.15) is 0 Å². The third-order valence-electron chi connectivity index (χ3n) is 3.72. The molecule has 21 heavy (non-hydrogen) atoms. The molecule has 0 aliphatic carbocycles. The summed E-state index contributed by atoms with van der Waals surface area (Å²) in [7, 11) is 0. The quantitative estimate of drug-likeness (QED) is 0.834. The number of aromatic nitrogens is 1. The number of nitrogens with zero attached hydrogens (tertiary/aromatic N) is 1. The van der Waals surface area contributed by atoms with Crippen LogP contribution in [-0.2, 0) is 11.2 Å². The highest BCUT2D eigenvalue weighted by atomic mass is 32.1. The predicted molar refractivity (Wildman–Crippen MR) is 89.6 cm³/mol. The van der Waals surface area contributed by atoms with Crippen LogP contribution in [0.2, 0.25) is 0 Å². The van der Waals surface area contributed by atoms with E-state index in [2.05, 4.69) is 37.1 Å². The zero-order valence-corrected chi connectivity index (χ0v) is 13.9. The molecule has 114 valence electrons. The van der Waals surface area contributed by atoms with Gasteiger partial charge in [0.25, 0.3) is 0 Å². The lowest BCUT2D eigenvalue weighted by Gasteiger charge is -2.20. The number of carbonyl (C=O) groups excluding carboxylic acids is 1. The Balaban J connectivity index is 1.79. The molecule has 3 nitrogen and oxygen atoms in total. The normalized spacial score (nSPS) is 12.8. The Labute approximate surface area is 130 Å². The van der Waals surface area contributed by atoms with Crippen LogP contribution in [0, 0.1) is 5.92 Å². The van der Waals surface area contributed by atoms with Gasteiger partial charge in [-0.3, -0.25) is 4.79 Å². The minimum atomic E-state index is 0.164. The predicted octanol–water partition coefficient (Wildman–Crippen LogP) is 4.17. The molecule has 0 saturated heterocycles. The Morgan fingerprint density at radius 1 is 1.33 bits per heavy atom. The van der Waals surface area contributed by atoms with Gasteiger partial charge >= 0.3 is 0 Å². The minimum Gasteiger partial charge on any atom is -0.353 e. The van der Waals surface area contributed by atoms with Crippen molar-refractivity contribution in [2.75, 3.05) is 0 Å². The van der Waals surface area contributed by atoms with Crippen LogP contribution in [0.3, 0.4) is 0 Å². The molecule has 1 atom stereocenters. The van der Waals surface area contributed by atoms with Crippen LogP contribution in [-0.4, -0.2) is 16.9 Å². The highest BCUT2D eigenvalue weighted by Gasteiger charge is 2.13. The van der Waals surface area contributed by atoms with Crippen molar-refractivity contribution in [2.45, 2.75) is 52.5 Å². The summed E-state index contributed by atoms with van der Waals surface area (Å²) in [6.45, 7) is 6.41. The molecule has 0 aliphatic heterocycles. The molecule has 0 aliphatic rings. The molecule has 1 heterocycles. The van der Waals surface area contributed by atoms with Gasteiger partial charge in [0.05, 0.1) is 15.2 Å². The summed E-state index contributed by atoms with van der Waals surface area (Å²) in [4.78, 5) is 16.6. The summed E-state index contributed by atoms with van der Waals surface area (Å²) in [5.74, 6) is 0.653. The van der Waals surface area contributed by atoms with Gasteiger partial charge in [0, 0.05) is 12.5 Å².